The van der Waals surface area contributed by atoms with Gasteiger partial charge in [-0.3, -0.25) is 0 Å². The summed E-state index contributed by atoms with van der Waals surface area (Å²) in [7, 11) is 0. The van der Waals surface area contributed by atoms with Gasteiger partial charge in [-0.25, -0.2) is 4.98 Å². The maximum Gasteiger partial charge on any atom is 0.433 e. The fraction of sp³-hybridized carbons (Fsp3) is 0.583. The fourth-order valence-corrected chi connectivity index (χ4v) is 2.27. The number of nitrogens with zero attached hydrogens (tertiary/aromatic N) is 1. The van der Waals surface area contributed by atoms with Gasteiger partial charge in [0.05, 0.1) is 0 Å². The molecule has 1 unspecified atom stereocenters. The maximum atomic E-state index is 12.6. The molecule has 0 aliphatic carbocycles. The van der Waals surface area contributed by atoms with Gasteiger partial charge in [0.25, 0.3) is 0 Å². The van der Waals surface area contributed by atoms with E-state index in [9.17, 15) is 13.2 Å². The molecule has 2 nitrogen and oxygen atoms in total. The van der Waals surface area contributed by atoms with Gasteiger partial charge in [-0.2, -0.15) is 13.2 Å². The molecule has 0 fully saturated rings. The fourth-order valence-electron chi connectivity index (χ4n) is 1.20. The van der Waals surface area contributed by atoms with Crippen molar-refractivity contribution in [3.63, 3.8) is 0 Å². The number of nitrogens with two attached hydrogens (primary N) is 1. The van der Waals surface area contributed by atoms with Gasteiger partial charge in [-0.15, -0.1) is 11.8 Å². The van der Waals surface area contributed by atoms with Crippen LogP contribution in [0.2, 0.25) is 0 Å². The second kappa shape index (κ2) is 5.93. The molecule has 0 saturated heterocycles. The maximum absolute atomic E-state index is 12.6. The number of alkyl halides is 3. The third-order valence-corrected chi connectivity index (χ3v) is 4.18. The van der Waals surface area contributed by atoms with E-state index in [4.69, 9.17) is 5.73 Å². The summed E-state index contributed by atoms with van der Waals surface area (Å²) in [6.45, 7) is 6.21. The largest absolute Gasteiger partial charge is 0.433 e. The number of aromatic nitrogens is 1. The number of hydrogen-bond acceptors (Lipinski definition) is 3. The summed E-state index contributed by atoms with van der Waals surface area (Å²) < 4.78 is 37.8. The monoisotopic (exact) mass is 278 g/mol. The lowest BCUT2D eigenvalue weighted by Crippen LogP contribution is -2.13. The third kappa shape index (κ3) is 3.88. The first-order valence-corrected chi connectivity index (χ1v) is 6.57. The van der Waals surface area contributed by atoms with Crippen LogP contribution in [0.1, 0.15) is 32.0 Å². The first kappa shape index (κ1) is 15.3. The topological polar surface area (TPSA) is 38.9 Å². The lowest BCUT2D eigenvalue weighted by atomic mass is 10.2. The van der Waals surface area contributed by atoms with Crippen LogP contribution in [-0.2, 0) is 12.7 Å². The molecule has 18 heavy (non-hydrogen) atoms. The highest BCUT2D eigenvalue weighted by Gasteiger charge is 2.33. The molecule has 0 amide bonds. The van der Waals surface area contributed by atoms with E-state index in [-0.39, 0.29) is 11.8 Å². The van der Waals surface area contributed by atoms with Gasteiger partial charge >= 0.3 is 6.18 Å². The highest BCUT2D eigenvalue weighted by Crippen LogP contribution is 2.33. The molecule has 0 saturated carbocycles. The van der Waals surface area contributed by atoms with Crippen molar-refractivity contribution in [2.24, 2.45) is 11.7 Å². The molecule has 2 N–H and O–H groups in total. The second-order valence-electron chi connectivity index (χ2n) is 4.43. The van der Waals surface area contributed by atoms with Crippen LogP contribution >= 0.6 is 11.8 Å². The number of hydrogen-bond donors (Lipinski definition) is 1. The smallest absolute Gasteiger partial charge is 0.326 e. The lowest BCUT2D eigenvalue weighted by Gasteiger charge is -2.17. The van der Waals surface area contributed by atoms with E-state index in [2.05, 4.69) is 4.98 Å². The quantitative estimate of drug-likeness (QED) is 0.854. The zero-order valence-corrected chi connectivity index (χ0v) is 11.4. The Morgan fingerprint density at radius 3 is 2.33 bits per heavy atom. The Morgan fingerprint density at radius 2 is 1.89 bits per heavy atom. The Labute approximate surface area is 109 Å². The molecule has 0 bridgehead atoms. The number of thioether (sulfide) groups is 1. The highest BCUT2D eigenvalue weighted by atomic mass is 32.2. The number of pyridine rings is 1. The van der Waals surface area contributed by atoms with Gasteiger partial charge < -0.3 is 5.73 Å². The van der Waals surface area contributed by atoms with Gasteiger partial charge in [0.15, 0.2) is 0 Å². The molecule has 6 heteroatoms. The summed E-state index contributed by atoms with van der Waals surface area (Å²) in [5, 5.41) is 0.569. The molecule has 1 atom stereocenters. The summed E-state index contributed by atoms with van der Waals surface area (Å²) >= 11 is 1.34. The van der Waals surface area contributed by atoms with Crippen molar-refractivity contribution in [3.05, 3.63) is 23.4 Å². The minimum Gasteiger partial charge on any atom is -0.326 e. The van der Waals surface area contributed by atoms with Crippen molar-refractivity contribution < 1.29 is 13.2 Å². The molecule has 1 heterocycles. The van der Waals surface area contributed by atoms with Crippen LogP contribution in [0.15, 0.2) is 17.2 Å². The molecule has 102 valence electrons. The van der Waals surface area contributed by atoms with Gasteiger partial charge in [0.2, 0.25) is 0 Å². The van der Waals surface area contributed by atoms with E-state index in [0.29, 0.717) is 16.5 Å². The van der Waals surface area contributed by atoms with Gasteiger partial charge in [0.1, 0.15) is 10.7 Å². The predicted octanol–water partition coefficient (Wildman–Crippen LogP) is 3.70. The first-order valence-electron chi connectivity index (χ1n) is 5.69. The summed E-state index contributed by atoms with van der Waals surface area (Å²) in [6.07, 6.45) is -4.41. The van der Waals surface area contributed by atoms with Crippen molar-refractivity contribution in [2.75, 3.05) is 0 Å². The van der Waals surface area contributed by atoms with E-state index in [0.717, 1.165) is 6.07 Å². The van der Waals surface area contributed by atoms with Crippen molar-refractivity contribution in [3.8, 4) is 0 Å². The molecule has 0 aromatic carbocycles. The minimum absolute atomic E-state index is 0.186. The van der Waals surface area contributed by atoms with E-state index in [1.54, 1.807) is 0 Å². The summed E-state index contributed by atoms with van der Waals surface area (Å²) in [4.78, 5) is 3.70. The average Bonchev–Trinajstić information content (AvgIpc) is 2.27. The number of halogens is 3. The lowest BCUT2D eigenvalue weighted by molar-refractivity contribution is -0.141. The molecule has 1 aromatic rings. The molecular weight excluding hydrogens is 261 g/mol. The summed E-state index contributed by atoms with van der Waals surface area (Å²) in [6, 6.07) is 2.39. The van der Waals surface area contributed by atoms with Gasteiger partial charge in [0, 0.05) is 11.8 Å². The zero-order valence-electron chi connectivity index (χ0n) is 10.6. The van der Waals surface area contributed by atoms with E-state index < -0.39 is 11.9 Å². The summed E-state index contributed by atoms with van der Waals surface area (Å²) in [5.74, 6) is 0.358. The Kier molecular flexibility index (Phi) is 5.04. The van der Waals surface area contributed by atoms with Crippen LogP contribution in [0.3, 0.4) is 0 Å². The van der Waals surface area contributed by atoms with Gasteiger partial charge in [-0.1, -0.05) is 26.8 Å². The minimum atomic E-state index is -4.41. The van der Waals surface area contributed by atoms with Crippen LogP contribution < -0.4 is 5.73 Å². The van der Waals surface area contributed by atoms with Crippen LogP contribution in [-0.4, -0.2) is 10.2 Å². The molecule has 1 aromatic heterocycles. The molecule has 0 radical (unpaired) electrons. The van der Waals surface area contributed by atoms with Crippen molar-refractivity contribution >= 4 is 11.8 Å². The van der Waals surface area contributed by atoms with Crippen molar-refractivity contribution in [1.82, 2.24) is 4.98 Å². The standard InChI is InChI=1S/C12H17F3N2S/c1-7(2)8(3)18-11-9(6-16)4-5-10(17-11)12(13,14)15/h4-5,7-8H,6,16H2,1-3H3. The van der Waals surface area contributed by atoms with Crippen LogP contribution in [0, 0.1) is 5.92 Å². The normalized spacial score (nSPS) is 14.0. The Morgan fingerprint density at radius 1 is 1.28 bits per heavy atom. The molecular formula is C12H17F3N2S. The third-order valence-electron chi connectivity index (χ3n) is 2.69. The summed E-state index contributed by atoms with van der Waals surface area (Å²) in [5.41, 5.74) is 5.32. The van der Waals surface area contributed by atoms with Gasteiger partial charge in [-0.05, 0) is 17.5 Å². The molecule has 1 rings (SSSR count). The van der Waals surface area contributed by atoms with Crippen molar-refractivity contribution in [2.45, 2.75) is 43.8 Å². The number of rotatable bonds is 4. The van der Waals surface area contributed by atoms with Crippen LogP contribution in [0.5, 0.6) is 0 Å². The van der Waals surface area contributed by atoms with E-state index in [1.165, 1.54) is 17.8 Å². The van der Waals surface area contributed by atoms with E-state index >= 15 is 0 Å². The Balaban J connectivity index is 3.07. The predicted molar refractivity (Wildman–Crippen MR) is 67.3 cm³/mol. The average molecular weight is 278 g/mol. The second-order valence-corrected chi connectivity index (χ2v) is 5.80. The SMILES string of the molecule is CC(C)C(C)Sc1nc(C(F)(F)F)ccc1CN. The highest BCUT2D eigenvalue weighted by molar-refractivity contribution is 7.99. The Bertz CT molecular complexity index is 405. The van der Waals surface area contributed by atoms with E-state index in [1.807, 2.05) is 20.8 Å². The first-order chi connectivity index (χ1) is 8.25. The van der Waals surface area contributed by atoms with Crippen LogP contribution in [0.4, 0.5) is 13.2 Å². The molecule has 0 aliphatic heterocycles. The van der Waals surface area contributed by atoms with Crippen molar-refractivity contribution in [1.29, 1.82) is 0 Å². The zero-order chi connectivity index (χ0) is 13.9. The Hall–Kier alpha value is -0.750. The molecule has 0 spiro atoms. The molecule has 0 aliphatic rings. The van der Waals surface area contributed by atoms with Crippen LogP contribution in [0.25, 0.3) is 0 Å².